The lowest BCUT2D eigenvalue weighted by atomic mass is 9.83. The average Bonchev–Trinajstić information content (AvgIpc) is 3.00. The van der Waals surface area contributed by atoms with Crippen molar-refractivity contribution in [2.24, 2.45) is 0 Å². The first-order chi connectivity index (χ1) is 19.9. The summed E-state index contributed by atoms with van der Waals surface area (Å²) in [7, 11) is 0. The molecule has 1 unspecified atom stereocenters. The van der Waals surface area contributed by atoms with E-state index in [2.05, 4.69) is 41.8 Å². The normalized spacial score (nSPS) is 14.4. The Morgan fingerprint density at radius 1 is 0.878 bits per heavy atom. The van der Waals surface area contributed by atoms with Crippen LogP contribution in [0.5, 0.6) is 0 Å². The number of unbranched alkanes of at least 4 members (excludes halogenated alkanes) is 4. The van der Waals surface area contributed by atoms with Crippen LogP contribution >= 0.6 is 11.6 Å². The predicted octanol–water partition coefficient (Wildman–Crippen LogP) is 8.86. The van der Waals surface area contributed by atoms with E-state index in [-0.39, 0.29) is 6.42 Å². The molecule has 6 heteroatoms. The number of benzene rings is 3. The molecule has 0 saturated heterocycles. The Bertz CT molecular complexity index is 1270. The van der Waals surface area contributed by atoms with Gasteiger partial charge in [0.1, 0.15) is 6.04 Å². The smallest absolute Gasteiger partial charge is 0.326 e. The fourth-order valence-corrected chi connectivity index (χ4v) is 5.87. The Balaban J connectivity index is 1.37. The van der Waals surface area contributed by atoms with Crippen LogP contribution < -0.4 is 10.6 Å². The van der Waals surface area contributed by atoms with E-state index in [1.54, 1.807) is 18.2 Å². The van der Waals surface area contributed by atoms with Crippen molar-refractivity contribution < 1.29 is 14.7 Å². The maximum absolute atomic E-state index is 13.2. The SMILES string of the molecule is CCCCCCCNc1ccc(Cl)cc1C(=O)NC(Cc1ccc(-c2ccc(C3CCCCC3)cc2)cc1)C(=O)O. The highest BCUT2D eigenvalue weighted by molar-refractivity contribution is 6.31. The molecule has 0 radical (unpaired) electrons. The maximum atomic E-state index is 13.2. The van der Waals surface area contributed by atoms with Crippen LogP contribution in [0.2, 0.25) is 5.02 Å². The number of aliphatic carboxylic acids is 1. The Morgan fingerprint density at radius 2 is 1.54 bits per heavy atom. The van der Waals surface area contributed by atoms with Crippen LogP contribution in [-0.2, 0) is 11.2 Å². The van der Waals surface area contributed by atoms with Gasteiger partial charge in [0.15, 0.2) is 0 Å². The molecule has 1 aliphatic carbocycles. The summed E-state index contributed by atoms with van der Waals surface area (Å²) in [5.74, 6) is -0.853. The molecule has 0 aromatic heterocycles. The second kappa shape index (κ2) is 15.6. The molecule has 41 heavy (non-hydrogen) atoms. The fraction of sp³-hybridized carbons (Fsp3) is 0.429. The summed E-state index contributed by atoms with van der Waals surface area (Å²) in [6.07, 6.45) is 12.5. The van der Waals surface area contributed by atoms with Crippen molar-refractivity contribution in [1.82, 2.24) is 5.32 Å². The van der Waals surface area contributed by atoms with Crippen LogP contribution in [0, 0.1) is 0 Å². The summed E-state index contributed by atoms with van der Waals surface area (Å²) in [6.45, 7) is 2.93. The third kappa shape index (κ3) is 9.09. The molecule has 1 atom stereocenters. The zero-order valence-electron chi connectivity index (χ0n) is 24.1. The van der Waals surface area contributed by atoms with Crippen LogP contribution in [0.3, 0.4) is 0 Å². The lowest BCUT2D eigenvalue weighted by Gasteiger charge is -2.22. The molecule has 4 rings (SSSR count). The molecule has 3 aromatic rings. The number of halogens is 1. The number of amides is 1. The third-order valence-corrected chi connectivity index (χ3v) is 8.37. The number of rotatable bonds is 14. The molecule has 1 aliphatic rings. The largest absolute Gasteiger partial charge is 0.480 e. The van der Waals surface area contributed by atoms with Crippen molar-refractivity contribution in [2.75, 3.05) is 11.9 Å². The Morgan fingerprint density at radius 3 is 2.20 bits per heavy atom. The van der Waals surface area contributed by atoms with E-state index in [1.807, 2.05) is 24.3 Å². The van der Waals surface area contributed by atoms with Gasteiger partial charge in [-0.15, -0.1) is 0 Å². The van der Waals surface area contributed by atoms with Gasteiger partial charge in [0.2, 0.25) is 0 Å². The average molecular weight is 575 g/mol. The van der Waals surface area contributed by atoms with Crippen molar-refractivity contribution in [3.05, 3.63) is 88.4 Å². The van der Waals surface area contributed by atoms with Crippen molar-refractivity contribution in [3.8, 4) is 11.1 Å². The van der Waals surface area contributed by atoms with E-state index in [1.165, 1.54) is 56.9 Å². The van der Waals surface area contributed by atoms with E-state index in [4.69, 9.17) is 11.6 Å². The highest BCUT2D eigenvalue weighted by atomic mass is 35.5. The van der Waals surface area contributed by atoms with Crippen LogP contribution in [0.1, 0.15) is 98.5 Å². The predicted molar refractivity (Wildman–Crippen MR) is 169 cm³/mol. The fourth-order valence-electron chi connectivity index (χ4n) is 5.70. The van der Waals surface area contributed by atoms with Gasteiger partial charge < -0.3 is 15.7 Å². The maximum Gasteiger partial charge on any atom is 0.326 e. The number of carbonyl (C=O) groups is 2. The number of nitrogens with one attached hydrogen (secondary N) is 2. The lowest BCUT2D eigenvalue weighted by molar-refractivity contribution is -0.139. The number of hydrogen-bond donors (Lipinski definition) is 3. The van der Waals surface area contributed by atoms with E-state index in [9.17, 15) is 14.7 Å². The van der Waals surface area contributed by atoms with Gasteiger partial charge in [-0.05, 0) is 65.6 Å². The molecule has 0 bridgehead atoms. The lowest BCUT2D eigenvalue weighted by Crippen LogP contribution is -2.42. The van der Waals surface area contributed by atoms with Gasteiger partial charge in [0, 0.05) is 23.7 Å². The molecule has 1 saturated carbocycles. The molecule has 0 heterocycles. The molecule has 0 spiro atoms. The number of anilines is 1. The molecule has 5 nitrogen and oxygen atoms in total. The third-order valence-electron chi connectivity index (χ3n) is 8.14. The van der Waals surface area contributed by atoms with Crippen molar-refractivity contribution in [3.63, 3.8) is 0 Å². The number of carbonyl (C=O) groups excluding carboxylic acids is 1. The molecule has 218 valence electrons. The number of carboxylic acids is 1. The van der Waals surface area contributed by atoms with E-state index < -0.39 is 17.9 Å². The van der Waals surface area contributed by atoms with Crippen molar-refractivity contribution in [1.29, 1.82) is 0 Å². The summed E-state index contributed by atoms with van der Waals surface area (Å²) in [4.78, 5) is 25.3. The van der Waals surface area contributed by atoms with Gasteiger partial charge in [0.05, 0.1) is 5.56 Å². The minimum atomic E-state index is -1.08. The van der Waals surface area contributed by atoms with Crippen LogP contribution in [0.25, 0.3) is 11.1 Å². The van der Waals surface area contributed by atoms with Crippen molar-refractivity contribution in [2.45, 2.75) is 89.5 Å². The summed E-state index contributed by atoms with van der Waals surface area (Å²) in [5.41, 5.74) is 5.51. The molecule has 1 fully saturated rings. The van der Waals surface area contributed by atoms with Gasteiger partial charge in [-0.2, -0.15) is 0 Å². The van der Waals surface area contributed by atoms with Gasteiger partial charge in [-0.1, -0.05) is 112 Å². The van der Waals surface area contributed by atoms with Gasteiger partial charge >= 0.3 is 5.97 Å². The monoisotopic (exact) mass is 574 g/mol. The minimum absolute atomic E-state index is 0.183. The van der Waals surface area contributed by atoms with E-state index in [0.717, 1.165) is 36.1 Å². The first kappa shape index (κ1) is 30.6. The summed E-state index contributed by atoms with van der Waals surface area (Å²) in [5, 5.41) is 16.4. The molecule has 1 amide bonds. The Hall–Kier alpha value is -3.31. The first-order valence-electron chi connectivity index (χ1n) is 15.2. The van der Waals surface area contributed by atoms with Crippen LogP contribution in [-0.4, -0.2) is 29.6 Å². The van der Waals surface area contributed by atoms with Crippen LogP contribution in [0.4, 0.5) is 5.69 Å². The second-order valence-electron chi connectivity index (χ2n) is 11.3. The first-order valence-corrected chi connectivity index (χ1v) is 15.6. The van der Waals surface area contributed by atoms with Gasteiger partial charge in [-0.25, -0.2) is 4.79 Å². The zero-order chi connectivity index (χ0) is 29.0. The molecule has 3 aromatic carbocycles. The Kier molecular flexibility index (Phi) is 11.7. The molecule has 3 N–H and O–H groups in total. The van der Waals surface area contributed by atoms with E-state index >= 15 is 0 Å². The topological polar surface area (TPSA) is 78.4 Å². The van der Waals surface area contributed by atoms with Gasteiger partial charge in [0.25, 0.3) is 5.91 Å². The molecular formula is C35H43ClN2O3. The number of carboxylic acid groups (broad SMARTS) is 1. The summed E-state index contributed by atoms with van der Waals surface area (Å²) in [6, 6.07) is 20.8. The summed E-state index contributed by atoms with van der Waals surface area (Å²) < 4.78 is 0. The highest BCUT2D eigenvalue weighted by Crippen LogP contribution is 2.33. The summed E-state index contributed by atoms with van der Waals surface area (Å²) >= 11 is 6.20. The van der Waals surface area contributed by atoms with E-state index in [0.29, 0.717) is 22.2 Å². The second-order valence-corrected chi connectivity index (χ2v) is 11.7. The Labute approximate surface area is 249 Å². The van der Waals surface area contributed by atoms with Crippen LogP contribution in [0.15, 0.2) is 66.7 Å². The highest BCUT2D eigenvalue weighted by Gasteiger charge is 2.23. The molecule has 0 aliphatic heterocycles. The van der Waals surface area contributed by atoms with Crippen molar-refractivity contribution >= 4 is 29.2 Å². The zero-order valence-corrected chi connectivity index (χ0v) is 24.9. The molecular weight excluding hydrogens is 532 g/mol. The van der Waals surface area contributed by atoms with Gasteiger partial charge in [-0.3, -0.25) is 4.79 Å². The standard InChI is InChI=1S/C35H43ClN2O3/c1-2-3-4-5-9-22-37-32-21-20-30(36)24-31(32)34(39)38-33(35(40)41)23-25-12-14-27(15-13-25)29-18-16-28(17-19-29)26-10-7-6-8-11-26/h12-21,24,26,33,37H,2-11,22-23H2,1H3,(H,38,39)(H,40,41). The quantitative estimate of drug-likeness (QED) is 0.168. The number of hydrogen-bond acceptors (Lipinski definition) is 3. The minimum Gasteiger partial charge on any atom is -0.480 e.